The number of carbonyl (C=O) groups is 3. The summed E-state index contributed by atoms with van der Waals surface area (Å²) in [4.78, 5) is 48.3. The summed E-state index contributed by atoms with van der Waals surface area (Å²) in [6, 6.07) is 20.7. The van der Waals surface area contributed by atoms with Gasteiger partial charge in [-0.05, 0) is 34.2 Å². The summed E-state index contributed by atoms with van der Waals surface area (Å²) in [6.07, 6.45) is 4.75. The number of nitrogens with one attached hydrogen (secondary N) is 3. The Labute approximate surface area is 251 Å². The number of hydrogen-bond acceptors (Lipinski definition) is 7. The highest BCUT2D eigenvalue weighted by Gasteiger charge is 2.32. The average molecular weight is 581 g/mol. The summed E-state index contributed by atoms with van der Waals surface area (Å²) < 4.78 is 0. The summed E-state index contributed by atoms with van der Waals surface area (Å²) in [5.41, 5.74) is 1.65. The van der Waals surface area contributed by atoms with Gasteiger partial charge in [0.2, 0.25) is 11.8 Å². The van der Waals surface area contributed by atoms with Gasteiger partial charge < -0.3 is 26.0 Å². The van der Waals surface area contributed by atoms with Crippen LogP contribution in [0, 0.1) is 5.92 Å². The first-order valence-corrected chi connectivity index (χ1v) is 14.2. The maximum Gasteiger partial charge on any atom is 0.475 e. The van der Waals surface area contributed by atoms with E-state index in [4.69, 9.17) is 0 Å². The number of amides is 3. The molecule has 0 saturated heterocycles. The Kier molecular flexibility index (Phi) is 11.0. The Bertz CT molecular complexity index is 1520. The van der Waals surface area contributed by atoms with Gasteiger partial charge in [-0.2, -0.15) is 0 Å². The molecule has 1 heterocycles. The average Bonchev–Trinajstić information content (AvgIpc) is 3.00. The molecule has 1 aromatic heterocycles. The molecule has 5 N–H and O–H groups in total. The molecule has 0 fully saturated rings. The third-order valence-corrected chi connectivity index (χ3v) is 7.00. The van der Waals surface area contributed by atoms with E-state index >= 15 is 0 Å². The second-order valence-electron chi connectivity index (χ2n) is 10.9. The van der Waals surface area contributed by atoms with Gasteiger partial charge in [0.15, 0.2) is 0 Å². The lowest BCUT2D eigenvalue weighted by Gasteiger charge is -2.26. The van der Waals surface area contributed by atoms with Gasteiger partial charge >= 0.3 is 7.12 Å². The molecule has 3 amide bonds. The maximum atomic E-state index is 13.8. The molecule has 0 radical (unpaired) electrons. The van der Waals surface area contributed by atoms with Gasteiger partial charge in [0.05, 0.1) is 12.1 Å². The van der Waals surface area contributed by atoms with Crippen LogP contribution in [0.5, 0.6) is 0 Å². The van der Waals surface area contributed by atoms with E-state index in [2.05, 4.69) is 25.9 Å². The van der Waals surface area contributed by atoms with Crippen molar-refractivity contribution in [2.45, 2.75) is 51.1 Å². The molecule has 43 heavy (non-hydrogen) atoms. The first-order chi connectivity index (χ1) is 20.7. The van der Waals surface area contributed by atoms with Crippen LogP contribution in [0.15, 0.2) is 91.4 Å². The number of aromatic nitrogens is 2. The number of rotatable bonds is 13. The molecule has 0 aliphatic carbocycles. The largest absolute Gasteiger partial charge is 0.475 e. The standard InChI is InChI=1S/C32H36BN5O5/c1-21(2)16-29(33(42)43)38-31(40)27(19-23-12-13-24-10-6-7-11-25(24)17-23)36-30(39)26(18-22-8-4-3-5-9-22)37-32(41)28-20-34-14-15-35-28/h3-15,17,20-21,26-27,29,42-43H,16,18-19H2,1-2H3,(H,36,39)(H,37,41)(H,38,40)/t26-,27-,29-/m0/s1. The van der Waals surface area contributed by atoms with Crippen molar-refractivity contribution in [2.24, 2.45) is 5.92 Å². The second kappa shape index (κ2) is 15.0. The van der Waals surface area contributed by atoms with E-state index in [0.717, 1.165) is 21.9 Å². The fraction of sp³-hybridized carbons (Fsp3) is 0.281. The van der Waals surface area contributed by atoms with Crippen LogP contribution in [0.4, 0.5) is 0 Å². The van der Waals surface area contributed by atoms with Crippen LogP contribution in [0.25, 0.3) is 10.8 Å². The van der Waals surface area contributed by atoms with Crippen molar-refractivity contribution in [3.05, 3.63) is 108 Å². The van der Waals surface area contributed by atoms with E-state index in [1.165, 1.54) is 18.6 Å². The van der Waals surface area contributed by atoms with Gasteiger partial charge in [0.25, 0.3) is 5.91 Å². The zero-order valence-electron chi connectivity index (χ0n) is 24.2. The monoisotopic (exact) mass is 581 g/mol. The van der Waals surface area contributed by atoms with Gasteiger partial charge in [-0.3, -0.25) is 19.4 Å². The molecule has 0 unspecified atom stereocenters. The van der Waals surface area contributed by atoms with Gasteiger partial charge in [-0.1, -0.05) is 86.6 Å². The van der Waals surface area contributed by atoms with E-state index in [1.807, 2.05) is 86.6 Å². The van der Waals surface area contributed by atoms with E-state index in [-0.39, 0.29) is 24.5 Å². The quantitative estimate of drug-likeness (QED) is 0.152. The smallest absolute Gasteiger partial charge is 0.426 e. The van der Waals surface area contributed by atoms with E-state index in [9.17, 15) is 24.4 Å². The Morgan fingerprint density at radius 3 is 2.09 bits per heavy atom. The number of hydrogen-bond donors (Lipinski definition) is 5. The Morgan fingerprint density at radius 1 is 0.767 bits per heavy atom. The maximum absolute atomic E-state index is 13.8. The minimum Gasteiger partial charge on any atom is -0.426 e. The number of fused-ring (bicyclic) bond motifs is 1. The first-order valence-electron chi connectivity index (χ1n) is 14.2. The van der Waals surface area contributed by atoms with E-state index in [1.54, 1.807) is 0 Å². The summed E-state index contributed by atoms with van der Waals surface area (Å²) in [5.74, 6) is -2.58. The third-order valence-electron chi connectivity index (χ3n) is 7.00. The van der Waals surface area contributed by atoms with Crippen LogP contribution in [0.2, 0.25) is 0 Å². The molecular formula is C32H36BN5O5. The summed E-state index contributed by atoms with van der Waals surface area (Å²) in [7, 11) is -1.78. The van der Waals surface area contributed by atoms with Gasteiger partial charge in [0, 0.05) is 25.2 Å². The summed E-state index contributed by atoms with van der Waals surface area (Å²) in [5, 5.41) is 30.1. The highest BCUT2D eigenvalue weighted by molar-refractivity contribution is 6.43. The zero-order valence-corrected chi connectivity index (χ0v) is 24.2. The van der Waals surface area contributed by atoms with Crippen LogP contribution >= 0.6 is 0 Å². The Balaban J connectivity index is 1.61. The Hall–Kier alpha value is -4.61. The second-order valence-corrected chi connectivity index (χ2v) is 10.9. The molecule has 4 rings (SSSR count). The molecule has 0 aliphatic rings. The predicted molar refractivity (Wildman–Crippen MR) is 165 cm³/mol. The van der Waals surface area contributed by atoms with Crippen LogP contribution in [-0.2, 0) is 22.4 Å². The molecule has 3 atom stereocenters. The van der Waals surface area contributed by atoms with Crippen LogP contribution in [0.1, 0.15) is 41.9 Å². The van der Waals surface area contributed by atoms with Crippen LogP contribution in [-0.4, -0.2) is 62.9 Å². The van der Waals surface area contributed by atoms with Crippen molar-refractivity contribution in [3.63, 3.8) is 0 Å². The van der Waals surface area contributed by atoms with Crippen molar-refractivity contribution in [3.8, 4) is 0 Å². The molecule has 0 saturated carbocycles. The molecule has 11 heteroatoms. The first kappa shape index (κ1) is 31.3. The molecule has 0 spiro atoms. The topological polar surface area (TPSA) is 154 Å². The number of carbonyl (C=O) groups excluding carboxylic acids is 3. The van der Waals surface area contributed by atoms with Crippen molar-refractivity contribution < 1.29 is 24.4 Å². The Morgan fingerprint density at radius 2 is 1.42 bits per heavy atom. The normalized spacial score (nSPS) is 13.1. The van der Waals surface area contributed by atoms with Crippen molar-refractivity contribution in [1.29, 1.82) is 0 Å². The molecule has 0 bridgehead atoms. The molecule has 3 aromatic carbocycles. The van der Waals surface area contributed by atoms with Crippen molar-refractivity contribution in [1.82, 2.24) is 25.9 Å². The van der Waals surface area contributed by atoms with Gasteiger partial charge in [-0.15, -0.1) is 0 Å². The van der Waals surface area contributed by atoms with Crippen LogP contribution in [0.3, 0.4) is 0 Å². The molecule has 222 valence electrons. The molecule has 10 nitrogen and oxygen atoms in total. The molecular weight excluding hydrogens is 545 g/mol. The predicted octanol–water partition coefficient (Wildman–Crippen LogP) is 2.24. The zero-order chi connectivity index (χ0) is 30.8. The van der Waals surface area contributed by atoms with Crippen LogP contribution < -0.4 is 16.0 Å². The summed E-state index contributed by atoms with van der Waals surface area (Å²) >= 11 is 0. The van der Waals surface area contributed by atoms with Gasteiger partial charge in [0.1, 0.15) is 17.8 Å². The number of nitrogens with zero attached hydrogens (tertiary/aromatic N) is 2. The van der Waals surface area contributed by atoms with Crippen molar-refractivity contribution >= 4 is 35.6 Å². The lowest BCUT2D eigenvalue weighted by atomic mass is 9.75. The fourth-order valence-electron chi connectivity index (χ4n) is 4.84. The minimum atomic E-state index is -1.78. The lowest BCUT2D eigenvalue weighted by molar-refractivity contribution is -0.130. The highest BCUT2D eigenvalue weighted by Crippen LogP contribution is 2.17. The van der Waals surface area contributed by atoms with E-state index < -0.39 is 42.9 Å². The SMILES string of the molecule is CC(C)C[C@H](NC(=O)[C@H](Cc1ccc2ccccc2c1)NC(=O)[C@H](Cc1ccccc1)NC(=O)c1cnccn1)B(O)O. The lowest BCUT2D eigenvalue weighted by Crippen LogP contribution is -2.58. The highest BCUT2D eigenvalue weighted by atomic mass is 16.4. The van der Waals surface area contributed by atoms with Gasteiger partial charge in [-0.25, -0.2) is 4.98 Å². The third kappa shape index (κ3) is 9.19. The molecule has 0 aliphatic heterocycles. The summed E-state index contributed by atoms with van der Waals surface area (Å²) in [6.45, 7) is 3.81. The molecule has 4 aromatic rings. The minimum absolute atomic E-state index is 0.0484. The van der Waals surface area contributed by atoms with Crippen molar-refractivity contribution in [2.75, 3.05) is 0 Å². The van der Waals surface area contributed by atoms with E-state index in [0.29, 0.717) is 6.42 Å². The fourth-order valence-corrected chi connectivity index (χ4v) is 4.84. The number of benzene rings is 3.